The zero-order valence-electron chi connectivity index (χ0n) is 11.9. The number of nitrogens with zero attached hydrogens (tertiary/aromatic N) is 1. The highest BCUT2D eigenvalue weighted by molar-refractivity contribution is 5.95. The summed E-state index contributed by atoms with van der Waals surface area (Å²) in [6.45, 7) is 2.82. The van der Waals surface area contributed by atoms with Gasteiger partial charge in [0.25, 0.3) is 5.91 Å². The van der Waals surface area contributed by atoms with E-state index in [0.29, 0.717) is 16.8 Å². The Morgan fingerprint density at radius 1 is 1.45 bits per heavy atom. The highest BCUT2D eigenvalue weighted by Crippen LogP contribution is 2.60. The number of nitrogens with two attached hydrogens (primary N) is 1. The van der Waals surface area contributed by atoms with Crippen molar-refractivity contribution < 1.29 is 4.79 Å². The molecule has 1 aromatic heterocycles. The second kappa shape index (κ2) is 5.05. The fourth-order valence-corrected chi connectivity index (χ4v) is 2.92. The smallest absolute Gasteiger partial charge is 0.251 e. The topological polar surface area (TPSA) is 80.0 Å². The van der Waals surface area contributed by atoms with Crippen LogP contribution in [0.4, 0.5) is 5.82 Å². The normalized spacial score (nSPS) is 19.5. The van der Waals surface area contributed by atoms with Crippen LogP contribution in [0.25, 0.3) is 0 Å². The first-order valence-corrected chi connectivity index (χ1v) is 7.42. The molecule has 4 N–H and O–H groups in total. The van der Waals surface area contributed by atoms with E-state index in [-0.39, 0.29) is 5.91 Å². The van der Waals surface area contributed by atoms with Crippen molar-refractivity contribution in [3.05, 3.63) is 23.4 Å². The van der Waals surface area contributed by atoms with Crippen molar-refractivity contribution in [3.63, 3.8) is 0 Å². The number of carbonyl (C=O) groups excluding carboxylic acids is 1. The molecule has 2 saturated carbocycles. The summed E-state index contributed by atoms with van der Waals surface area (Å²) in [7, 11) is 0. The standard InChI is InChI=1S/C15H22N4O/c1-2-12-7-10(8-13(18-12)19-16)14(20)17-9-15(5-6-15)11-3-4-11/h7-8,11H,2-6,9,16H2,1H3,(H,17,20)(H,18,19). The number of nitrogens with one attached hydrogen (secondary N) is 2. The molecule has 0 atom stereocenters. The van der Waals surface area contributed by atoms with Gasteiger partial charge in [0.1, 0.15) is 5.82 Å². The summed E-state index contributed by atoms with van der Waals surface area (Å²) in [6.07, 6.45) is 5.99. The van der Waals surface area contributed by atoms with Crippen LogP contribution in [0.1, 0.15) is 48.7 Å². The highest BCUT2D eigenvalue weighted by atomic mass is 16.1. The molecule has 5 heteroatoms. The molecule has 1 amide bonds. The van der Waals surface area contributed by atoms with Crippen LogP contribution in [0.5, 0.6) is 0 Å². The lowest BCUT2D eigenvalue weighted by Gasteiger charge is -2.15. The van der Waals surface area contributed by atoms with E-state index in [2.05, 4.69) is 15.7 Å². The van der Waals surface area contributed by atoms with E-state index in [4.69, 9.17) is 5.84 Å². The van der Waals surface area contributed by atoms with Crippen molar-refractivity contribution in [2.24, 2.45) is 17.2 Å². The molecule has 0 unspecified atom stereocenters. The molecule has 0 saturated heterocycles. The molecule has 2 aliphatic carbocycles. The lowest BCUT2D eigenvalue weighted by atomic mass is 10.0. The number of carbonyl (C=O) groups is 1. The second-order valence-electron chi connectivity index (χ2n) is 6.05. The molecule has 108 valence electrons. The molecule has 2 fully saturated rings. The van der Waals surface area contributed by atoms with E-state index in [1.807, 2.05) is 13.0 Å². The first-order chi connectivity index (χ1) is 9.66. The maximum atomic E-state index is 12.3. The third kappa shape index (κ3) is 2.63. The van der Waals surface area contributed by atoms with Crippen LogP contribution in [0.2, 0.25) is 0 Å². The number of aryl methyl sites for hydroxylation is 1. The molecule has 0 spiro atoms. The molecule has 20 heavy (non-hydrogen) atoms. The van der Waals surface area contributed by atoms with Gasteiger partial charge in [-0.1, -0.05) is 6.92 Å². The van der Waals surface area contributed by atoms with Crippen molar-refractivity contribution in [2.45, 2.75) is 39.0 Å². The molecule has 0 bridgehead atoms. The molecule has 0 radical (unpaired) electrons. The zero-order chi connectivity index (χ0) is 14.2. The van der Waals surface area contributed by atoms with E-state index in [1.54, 1.807) is 6.07 Å². The van der Waals surface area contributed by atoms with Gasteiger partial charge in [0.05, 0.1) is 0 Å². The SMILES string of the molecule is CCc1cc(C(=O)NCC2(C3CC3)CC2)cc(NN)n1. The highest BCUT2D eigenvalue weighted by Gasteiger charge is 2.53. The quantitative estimate of drug-likeness (QED) is 0.546. The number of hydrogen-bond acceptors (Lipinski definition) is 4. The molecular weight excluding hydrogens is 252 g/mol. The number of rotatable bonds is 6. The third-order valence-electron chi connectivity index (χ3n) is 4.59. The van der Waals surface area contributed by atoms with Crippen LogP contribution < -0.4 is 16.6 Å². The summed E-state index contributed by atoms with van der Waals surface area (Å²) in [6, 6.07) is 3.54. The van der Waals surface area contributed by atoms with E-state index in [1.165, 1.54) is 25.7 Å². The Hall–Kier alpha value is -1.62. The first-order valence-electron chi connectivity index (χ1n) is 7.42. The fourth-order valence-electron chi connectivity index (χ4n) is 2.92. The Kier molecular flexibility index (Phi) is 3.38. The minimum Gasteiger partial charge on any atom is -0.351 e. The number of nitrogen functional groups attached to an aromatic ring is 1. The summed E-state index contributed by atoms with van der Waals surface area (Å²) in [4.78, 5) is 16.6. The van der Waals surface area contributed by atoms with E-state index in [0.717, 1.165) is 24.6 Å². The summed E-state index contributed by atoms with van der Waals surface area (Å²) >= 11 is 0. The van der Waals surface area contributed by atoms with Crippen molar-refractivity contribution in [1.82, 2.24) is 10.3 Å². The Balaban J connectivity index is 1.67. The third-order valence-corrected chi connectivity index (χ3v) is 4.59. The number of hydrogen-bond donors (Lipinski definition) is 3. The van der Waals surface area contributed by atoms with Crippen molar-refractivity contribution >= 4 is 11.7 Å². The first kappa shape index (κ1) is 13.4. The number of anilines is 1. The predicted molar refractivity (Wildman–Crippen MR) is 78.1 cm³/mol. The largest absolute Gasteiger partial charge is 0.351 e. The van der Waals surface area contributed by atoms with Crippen LogP contribution >= 0.6 is 0 Å². The van der Waals surface area contributed by atoms with Crippen molar-refractivity contribution in [3.8, 4) is 0 Å². The number of aromatic nitrogens is 1. The van der Waals surface area contributed by atoms with E-state index in [9.17, 15) is 4.79 Å². The minimum atomic E-state index is -0.0227. The molecule has 1 aromatic rings. The molecular formula is C15H22N4O. The second-order valence-corrected chi connectivity index (χ2v) is 6.05. The van der Waals surface area contributed by atoms with E-state index < -0.39 is 0 Å². The number of amides is 1. The van der Waals surface area contributed by atoms with Gasteiger partial charge < -0.3 is 10.7 Å². The van der Waals surface area contributed by atoms with E-state index >= 15 is 0 Å². The number of pyridine rings is 1. The monoisotopic (exact) mass is 274 g/mol. The molecule has 3 rings (SSSR count). The van der Waals surface area contributed by atoms with Gasteiger partial charge in [-0.15, -0.1) is 0 Å². The van der Waals surface area contributed by atoms with Crippen LogP contribution in [0.15, 0.2) is 12.1 Å². The van der Waals surface area contributed by atoms with Gasteiger partial charge in [0.2, 0.25) is 0 Å². The van der Waals surface area contributed by atoms with Gasteiger partial charge in [0, 0.05) is 17.8 Å². The summed E-state index contributed by atoms with van der Waals surface area (Å²) in [5.74, 6) is 6.77. The molecule has 2 aliphatic rings. The van der Waals surface area contributed by atoms with Crippen molar-refractivity contribution in [2.75, 3.05) is 12.0 Å². The average molecular weight is 274 g/mol. The van der Waals surface area contributed by atoms with Crippen LogP contribution in [0.3, 0.4) is 0 Å². The summed E-state index contributed by atoms with van der Waals surface area (Å²) in [5, 5.41) is 3.09. The summed E-state index contributed by atoms with van der Waals surface area (Å²) in [5.41, 5.74) is 4.45. The van der Waals surface area contributed by atoms with Crippen LogP contribution in [-0.2, 0) is 6.42 Å². The lowest BCUT2D eigenvalue weighted by Crippen LogP contribution is -2.31. The predicted octanol–water partition coefficient (Wildman–Crippen LogP) is 1.85. The maximum absolute atomic E-state index is 12.3. The van der Waals surface area contributed by atoms with Gasteiger partial charge in [0.15, 0.2) is 0 Å². The van der Waals surface area contributed by atoms with Gasteiger partial charge in [-0.05, 0) is 55.6 Å². The number of hydrazine groups is 1. The van der Waals surface area contributed by atoms with Gasteiger partial charge in [-0.25, -0.2) is 10.8 Å². The van der Waals surface area contributed by atoms with Gasteiger partial charge in [-0.3, -0.25) is 4.79 Å². The minimum absolute atomic E-state index is 0.0227. The van der Waals surface area contributed by atoms with Crippen LogP contribution in [-0.4, -0.2) is 17.4 Å². The average Bonchev–Trinajstić information content (AvgIpc) is 3.36. The Labute approximate surface area is 119 Å². The Bertz CT molecular complexity index is 498. The molecule has 1 heterocycles. The maximum Gasteiger partial charge on any atom is 0.251 e. The zero-order valence-corrected chi connectivity index (χ0v) is 11.9. The lowest BCUT2D eigenvalue weighted by molar-refractivity contribution is 0.0942. The molecule has 0 aliphatic heterocycles. The fraction of sp³-hybridized carbons (Fsp3) is 0.600. The van der Waals surface area contributed by atoms with Crippen molar-refractivity contribution in [1.29, 1.82) is 0 Å². The molecule has 0 aromatic carbocycles. The van der Waals surface area contributed by atoms with Gasteiger partial charge >= 0.3 is 0 Å². The molecule has 5 nitrogen and oxygen atoms in total. The Morgan fingerprint density at radius 2 is 2.20 bits per heavy atom. The van der Waals surface area contributed by atoms with Crippen LogP contribution in [0, 0.1) is 11.3 Å². The Morgan fingerprint density at radius 3 is 2.75 bits per heavy atom. The van der Waals surface area contributed by atoms with Gasteiger partial charge in [-0.2, -0.15) is 0 Å². The summed E-state index contributed by atoms with van der Waals surface area (Å²) < 4.78 is 0.